The van der Waals surface area contributed by atoms with E-state index in [1.165, 1.54) is 0 Å². The van der Waals surface area contributed by atoms with Gasteiger partial charge in [0.1, 0.15) is 0 Å². The summed E-state index contributed by atoms with van der Waals surface area (Å²) >= 11 is 0. The molecule has 0 aliphatic heterocycles. The SMILES string of the molecule is Cc1[nH]ncc1CNC(=O)c1ccc(N(C)C)cc1. The van der Waals surface area contributed by atoms with Crippen molar-refractivity contribution in [3.05, 3.63) is 47.3 Å². The molecule has 0 atom stereocenters. The molecule has 0 unspecified atom stereocenters. The third kappa shape index (κ3) is 3.13. The first-order valence-corrected chi connectivity index (χ1v) is 6.12. The molecule has 1 amide bonds. The smallest absolute Gasteiger partial charge is 0.251 e. The number of amides is 1. The van der Waals surface area contributed by atoms with E-state index in [4.69, 9.17) is 0 Å². The highest BCUT2D eigenvalue weighted by Gasteiger charge is 2.07. The number of H-pyrrole nitrogens is 1. The van der Waals surface area contributed by atoms with Crippen molar-refractivity contribution in [2.45, 2.75) is 13.5 Å². The first kappa shape index (κ1) is 13.1. The van der Waals surface area contributed by atoms with Crippen LogP contribution in [0, 0.1) is 6.92 Å². The zero-order valence-corrected chi connectivity index (χ0v) is 11.4. The molecule has 1 aromatic carbocycles. The van der Waals surface area contributed by atoms with Crippen LogP contribution in [0.15, 0.2) is 30.5 Å². The van der Waals surface area contributed by atoms with Gasteiger partial charge in [-0.2, -0.15) is 5.10 Å². The Morgan fingerprint density at radius 2 is 2.00 bits per heavy atom. The van der Waals surface area contributed by atoms with Crippen molar-refractivity contribution in [1.29, 1.82) is 0 Å². The van der Waals surface area contributed by atoms with Crippen LogP contribution in [-0.4, -0.2) is 30.2 Å². The Morgan fingerprint density at radius 3 is 2.53 bits per heavy atom. The zero-order chi connectivity index (χ0) is 13.8. The van der Waals surface area contributed by atoms with Crippen molar-refractivity contribution >= 4 is 11.6 Å². The van der Waals surface area contributed by atoms with Crippen LogP contribution < -0.4 is 10.2 Å². The lowest BCUT2D eigenvalue weighted by Gasteiger charge is -2.12. The molecule has 0 saturated carbocycles. The molecule has 0 radical (unpaired) electrons. The molecule has 5 nitrogen and oxygen atoms in total. The van der Waals surface area contributed by atoms with E-state index in [2.05, 4.69) is 15.5 Å². The van der Waals surface area contributed by atoms with Gasteiger partial charge in [0.15, 0.2) is 0 Å². The van der Waals surface area contributed by atoms with Crippen LogP contribution in [-0.2, 0) is 6.54 Å². The first-order valence-electron chi connectivity index (χ1n) is 6.12. The van der Waals surface area contributed by atoms with Crippen LogP contribution in [0.4, 0.5) is 5.69 Å². The second-order valence-corrected chi connectivity index (χ2v) is 4.64. The third-order valence-electron chi connectivity index (χ3n) is 3.02. The molecule has 2 N–H and O–H groups in total. The van der Waals surface area contributed by atoms with E-state index in [-0.39, 0.29) is 5.91 Å². The maximum atomic E-state index is 12.0. The zero-order valence-electron chi connectivity index (χ0n) is 11.4. The summed E-state index contributed by atoms with van der Waals surface area (Å²) in [4.78, 5) is 14.0. The summed E-state index contributed by atoms with van der Waals surface area (Å²) in [7, 11) is 3.94. The fourth-order valence-electron chi connectivity index (χ4n) is 1.74. The minimum atomic E-state index is -0.0779. The number of benzene rings is 1. The molecule has 0 saturated heterocycles. The predicted octanol–water partition coefficient (Wildman–Crippen LogP) is 1.71. The minimum Gasteiger partial charge on any atom is -0.378 e. The van der Waals surface area contributed by atoms with Gasteiger partial charge in [-0.15, -0.1) is 0 Å². The van der Waals surface area contributed by atoms with Gasteiger partial charge in [0.2, 0.25) is 0 Å². The number of anilines is 1. The summed E-state index contributed by atoms with van der Waals surface area (Å²) in [6, 6.07) is 7.51. The quantitative estimate of drug-likeness (QED) is 0.877. The van der Waals surface area contributed by atoms with Crippen LogP contribution in [0.2, 0.25) is 0 Å². The fraction of sp³-hybridized carbons (Fsp3) is 0.286. The van der Waals surface area contributed by atoms with Crippen LogP contribution in [0.25, 0.3) is 0 Å². The fourth-order valence-corrected chi connectivity index (χ4v) is 1.74. The lowest BCUT2D eigenvalue weighted by Crippen LogP contribution is -2.23. The minimum absolute atomic E-state index is 0.0779. The summed E-state index contributed by atoms with van der Waals surface area (Å²) in [5.41, 5.74) is 3.70. The molecule has 0 fully saturated rings. The summed E-state index contributed by atoms with van der Waals surface area (Å²) in [5, 5.41) is 9.65. The second-order valence-electron chi connectivity index (χ2n) is 4.64. The van der Waals surface area contributed by atoms with Gasteiger partial charge in [0.05, 0.1) is 6.20 Å². The lowest BCUT2D eigenvalue weighted by atomic mass is 10.2. The van der Waals surface area contributed by atoms with E-state index < -0.39 is 0 Å². The highest BCUT2D eigenvalue weighted by atomic mass is 16.1. The lowest BCUT2D eigenvalue weighted by molar-refractivity contribution is 0.0951. The Bertz CT molecular complexity index is 557. The number of aromatic amines is 1. The van der Waals surface area contributed by atoms with Crippen molar-refractivity contribution in [3.63, 3.8) is 0 Å². The average Bonchev–Trinajstić information content (AvgIpc) is 2.81. The molecule has 0 spiro atoms. The predicted molar refractivity (Wildman–Crippen MR) is 75.3 cm³/mol. The number of nitrogens with one attached hydrogen (secondary N) is 2. The Balaban J connectivity index is 1.98. The maximum Gasteiger partial charge on any atom is 0.251 e. The molecule has 1 aromatic heterocycles. The van der Waals surface area contributed by atoms with E-state index in [0.29, 0.717) is 12.1 Å². The molecule has 1 heterocycles. The number of hydrogen-bond donors (Lipinski definition) is 2. The molecule has 0 aliphatic carbocycles. The number of nitrogens with zero attached hydrogens (tertiary/aromatic N) is 2. The van der Waals surface area contributed by atoms with E-state index in [1.54, 1.807) is 6.20 Å². The molecule has 19 heavy (non-hydrogen) atoms. The molecule has 2 rings (SSSR count). The van der Waals surface area contributed by atoms with Crippen LogP contribution in [0.3, 0.4) is 0 Å². The van der Waals surface area contributed by atoms with Crippen molar-refractivity contribution < 1.29 is 4.79 Å². The van der Waals surface area contributed by atoms with Crippen LogP contribution in [0.5, 0.6) is 0 Å². The van der Waals surface area contributed by atoms with Crippen LogP contribution >= 0.6 is 0 Å². The molecule has 0 bridgehead atoms. The van der Waals surface area contributed by atoms with Gasteiger partial charge < -0.3 is 10.2 Å². The second kappa shape index (κ2) is 5.56. The normalized spacial score (nSPS) is 10.3. The highest BCUT2D eigenvalue weighted by Crippen LogP contribution is 2.12. The Kier molecular flexibility index (Phi) is 3.85. The average molecular weight is 258 g/mol. The number of hydrogen-bond acceptors (Lipinski definition) is 3. The van der Waals surface area contributed by atoms with Gasteiger partial charge >= 0.3 is 0 Å². The van der Waals surface area contributed by atoms with Gasteiger partial charge in [-0.3, -0.25) is 9.89 Å². The number of aromatic nitrogens is 2. The Labute approximate surface area is 112 Å². The number of carbonyl (C=O) groups is 1. The van der Waals surface area contributed by atoms with Crippen LogP contribution in [0.1, 0.15) is 21.6 Å². The Hall–Kier alpha value is -2.30. The van der Waals surface area contributed by atoms with Gasteiger partial charge in [-0.05, 0) is 31.2 Å². The summed E-state index contributed by atoms with van der Waals surface area (Å²) < 4.78 is 0. The van der Waals surface area contributed by atoms with Crippen molar-refractivity contribution in [2.75, 3.05) is 19.0 Å². The number of aryl methyl sites for hydroxylation is 1. The van der Waals surface area contributed by atoms with E-state index in [1.807, 2.05) is 50.2 Å². The van der Waals surface area contributed by atoms with E-state index >= 15 is 0 Å². The highest BCUT2D eigenvalue weighted by molar-refractivity contribution is 5.94. The summed E-state index contributed by atoms with van der Waals surface area (Å²) in [6.45, 7) is 2.41. The molecule has 0 aliphatic rings. The van der Waals surface area contributed by atoms with Gasteiger partial charge in [0.25, 0.3) is 5.91 Å². The van der Waals surface area contributed by atoms with Crippen molar-refractivity contribution in [3.8, 4) is 0 Å². The topological polar surface area (TPSA) is 61.0 Å². The number of carbonyl (C=O) groups excluding carboxylic acids is 1. The van der Waals surface area contributed by atoms with E-state index in [9.17, 15) is 4.79 Å². The molecule has 2 aromatic rings. The van der Waals surface area contributed by atoms with Gasteiger partial charge in [0, 0.05) is 43.1 Å². The van der Waals surface area contributed by atoms with Gasteiger partial charge in [-0.1, -0.05) is 0 Å². The molecular weight excluding hydrogens is 240 g/mol. The summed E-state index contributed by atoms with van der Waals surface area (Å²) in [5.74, 6) is -0.0779. The molecule has 5 heteroatoms. The first-order chi connectivity index (χ1) is 9.08. The van der Waals surface area contributed by atoms with Gasteiger partial charge in [-0.25, -0.2) is 0 Å². The Morgan fingerprint density at radius 1 is 1.32 bits per heavy atom. The van der Waals surface area contributed by atoms with Crippen molar-refractivity contribution in [2.24, 2.45) is 0 Å². The summed E-state index contributed by atoms with van der Waals surface area (Å²) in [6.07, 6.45) is 1.73. The monoisotopic (exact) mass is 258 g/mol. The standard InChI is InChI=1S/C14H18N4O/c1-10-12(9-16-17-10)8-15-14(19)11-4-6-13(7-5-11)18(2)3/h4-7,9H,8H2,1-3H3,(H,15,19)(H,16,17). The molecular formula is C14H18N4O. The van der Waals surface area contributed by atoms with Crippen molar-refractivity contribution in [1.82, 2.24) is 15.5 Å². The maximum absolute atomic E-state index is 12.0. The molecule has 100 valence electrons. The third-order valence-corrected chi connectivity index (χ3v) is 3.02. The largest absolute Gasteiger partial charge is 0.378 e. The number of rotatable bonds is 4. The van der Waals surface area contributed by atoms with E-state index in [0.717, 1.165) is 16.9 Å².